The lowest BCUT2D eigenvalue weighted by Gasteiger charge is -2.29. The SMILES string of the molecule is COc1ccc(C[C@H]2NC(=O)/C=C/C[C@@H](C(C)[C@@H]3O[C@H]3c3ccc(COC(=O)N(C)CC(C)(C)SSc4ccccn4)cc3)OC(=O)[C@H](CC(C)C)OC(=O)C(C)(C)CNC2=O)cc1Cl. The first-order valence-corrected chi connectivity index (χ1v) is 24.2. The number of pyridine rings is 1. The van der Waals surface area contributed by atoms with Gasteiger partial charge in [0, 0.05) is 49.8 Å². The van der Waals surface area contributed by atoms with Crippen LogP contribution >= 0.6 is 33.2 Å². The van der Waals surface area contributed by atoms with E-state index < -0.39 is 53.5 Å². The average molecular weight is 954 g/mol. The molecule has 0 aliphatic carbocycles. The van der Waals surface area contributed by atoms with Gasteiger partial charge in [-0.3, -0.25) is 14.4 Å². The molecule has 3 aromatic rings. The number of nitrogens with zero attached hydrogens (tertiary/aromatic N) is 2. The highest BCUT2D eigenvalue weighted by molar-refractivity contribution is 8.77. The van der Waals surface area contributed by atoms with Crippen molar-refractivity contribution >= 4 is 63.0 Å². The molecule has 3 heterocycles. The second kappa shape index (κ2) is 23.1. The second-order valence-electron chi connectivity index (χ2n) is 18.1. The van der Waals surface area contributed by atoms with Crippen molar-refractivity contribution < 1.29 is 47.7 Å². The number of carbonyl (C=O) groups is 5. The highest BCUT2D eigenvalue weighted by Crippen LogP contribution is 2.45. The monoisotopic (exact) mass is 952 g/mol. The predicted octanol–water partition coefficient (Wildman–Crippen LogP) is 8.31. The number of aromatic nitrogens is 1. The molecule has 17 heteroatoms. The number of benzene rings is 2. The molecule has 2 aliphatic rings. The molecule has 3 amide bonds. The van der Waals surface area contributed by atoms with Crippen LogP contribution in [0.5, 0.6) is 5.75 Å². The minimum Gasteiger partial charge on any atom is -0.495 e. The predicted molar refractivity (Wildman–Crippen MR) is 251 cm³/mol. The van der Waals surface area contributed by atoms with Crippen LogP contribution in [0.1, 0.15) is 84.1 Å². The summed E-state index contributed by atoms with van der Waals surface area (Å²) in [6, 6.07) is 17.4. The maximum atomic E-state index is 13.9. The largest absolute Gasteiger partial charge is 0.495 e. The number of hydrogen-bond donors (Lipinski definition) is 2. The van der Waals surface area contributed by atoms with Gasteiger partial charge in [-0.1, -0.05) is 85.6 Å². The molecule has 5 rings (SSSR count). The molecule has 14 nitrogen and oxygen atoms in total. The van der Waals surface area contributed by atoms with Gasteiger partial charge >= 0.3 is 18.0 Å². The van der Waals surface area contributed by atoms with Crippen LogP contribution in [0.3, 0.4) is 0 Å². The van der Waals surface area contributed by atoms with E-state index in [1.54, 1.807) is 77.9 Å². The number of ether oxygens (including phenoxy) is 5. The van der Waals surface area contributed by atoms with E-state index in [0.717, 1.165) is 16.2 Å². The Morgan fingerprint density at radius 3 is 2.42 bits per heavy atom. The smallest absolute Gasteiger partial charge is 0.409 e. The van der Waals surface area contributed by atoms with Crippen LogP contribution in [-0.2, 0) is 51.2 Å². The Labute approximate surface area is 395 Å². The summed E-state index contributed by atoms with van der Waals surface area (Å²) in [7, 11) is 6.42. The molecule has 2 aromatic carbocycles. The van der Waals surface area contributed by atoms with Crippen molar-refractivity contribution in [3.05, 3.63) is 101 Å². The lowest BCUT2D eigenvalue weighted by Crippen LogP contribution is -2.51. The lowest BCUT2D eigenvalue weighted by molar-refractivity contribution is -0.179. The molecule has 0 bridgehead atoms. The topological polar surface area (TPSA) is 175 Å². The molecule has 2 aliphatic heterocycles. The van der Waals surface area contributed by atoms with Gasteiger partial charge in [-0.25, -0.2) is 14.6 Å². The summed E-state index contributed by atoms with van der Waals surface area (Å²) in [5.41, 5.74) is 1.13. The first-order valence-electron chi connectivity index (χ1n) is 21.6. The number of rotatable bonds is 15. The van der Waals surface area contributed by atoms with Gasteiger partial charge in [0.25, 0.3) is 0 Å². The normalized spacial score (nSPS) is 22.7. The first-order chi connectivity index (χ1) is 30.7. The molecule has 1 fully saturated rings. The maximum Gasteiger partial charge on any atom is 0.409 e. The van der Waals surface area contributed by atoms with E-state index >= 15 is 0 Å². The fourth-order valence-electron chi connectivity index (χ4n) is 7.09. The number of esters is 2. The van der Waals surface area contributed by atoms with Crippen LogP contribution < -0.4 is 15.4 Å². The third kappa shape index (κ3) is 15.4. The van der Waals surface area contributed by atoms with Crippen LogP contribution in [0.15, 0.2) is 84.0 Å². The lowest BCUT2D eigenvalue weighted by atomic mass is 9.92. The molecule has 65 heavy (non-hydrogen) atoms. The van der Waals surface area contributed by atoms with Crippen LogP contribution in [0.4, 0.5) is 4.79 Å². The molecule has 0 spiro atoms. The standard InChI is InChI=1S/C48H61ClN4O10S2/c1-29(2)23-38-44(56)61-36(13-12-14-39(54)52-35(25-32-18-21-37(59-9)34(49)24-32)43(55)51-27-47(4,5)45(57)62-38)30(3)41-42(63-41)33-19-16-31(17-20-33)26-60-46(58)53(8)28-48(6,7)65-64-40-15-10-11-22-50-40/h10-12,14-22,24,29-30,35-36,38,41-42H,13,23,25-28H2,1-9H3,(H,51,55)(H,52,54)/b14-12+/t30?,35-,36+,38+,41+,42+/m1/s1. The Hall–Kier alpha value is -4.77. The van der Waals surface area contributed by atoms with E-state index in [9.17, 15) is 24.0 Å². The summed E-state index contributed by atoms with van der Waals surface area (Å²) >= 11 is 6.37. The van der Waals surface area contributed by atoms with Gasteiger partial charge in [0.1, 0.15) is 35.6 Å². The van der Waals surface area contributed by atoms with Gasteiger partial charge in [-0.2, -0.15) is 0 Å². The van der Waals surface area contributed by atoms with E-state index in [2.05, 4.69) is 29.5 Å². The summed E-state index contributed by atoms with van der Waals surface area (Å²) < 4.78 is 28.8. The number of methoxy groups -OCH3 is 1. The summed E-state index contributed by atoms with van der Waals surface area (Å²) in [4.78, 5) is 73.3. The van der Waals surface area contributed by atoms with Crippen LogP contribution in [0.2, 0.25) is 5.02 Å². The molecule has 1 unspecified atom stereocenters. The maximum absolute atomic E-state index is 13.9. The summed E-state index contributed by atoms with van der Waals surface area (Å²) in [6.07, 6.45) is 2.03. The van der Waals surface area contributed by atoms with E-state index in [0.29, 0.717) is 22.9 Å². The van der Waals surface area contributed by atoms with Gasteiger partial charge in [-0.15, -0.1) is 0 Å². The van der Waals surface area contributed by atoms with Crippen molar-refractivity contribution in [1.82, 2.24) is 20.5 Å². The Bertz CT molecular complexity index is 2160. The van der Waals surface area contributed by atoms with Gasteiger partial charge in [0.05, 0.1) is 23.7 Å². The number of amides is 3. The van der Waals surface area contributed by atoms with Gasteiger partial charge in [-0.05, 0) is 97.9 Å². The van der Waals surface area contributed by atoms with E-state index in [4.69, 9.17) is 35.3 Å². The van der Waals surface area contributed by atoms with Crippen LogP contribution in [0, 0.1) is 17.3 Å². The van der Waals surface area contributed by atoms with Crippen LogP contribution in [0.25, 0.3) is 0 Å². The van der Waals surface area contributed by atoms with Crippen molar-refractivity contribution in [3.63, 3.8) is 0 Å². The number of cyclic esters (lactones) is 2. The van der Waals surface area contributed by atoms with Crippen molar-refractivity contribution in [2.45, 2.75) is 115 Å². The second-order valence-corrected chi connectivity index (χ2v) is 21.4. The summed E-state index contributed by atoms with van der Waals surface area (Å²) in [6.45, 7) is 13.5. The van der Waals surface area contributed by atoms with E-state index in [1.165, 1.54) is 13.2 Å². The molecule has 1 saturated heterocycles. The molecule has 1 aromatic heterocycles. The molecule has 0 saturated carbocycles. The highest BCUT2D eigenvalue weighted by Gasteiger charge is 2.48. The number of hydrogen-bond acceptors (Lipinski definition) is 13. The first kappa shape index (κ1) is 51.2. The van der Waals surface area contributed by atoms with E-state index in [-0.39, 0.29) is 61.2 Å². The zero-order valence-corrected chi connectivity index (χ0v) is 40.8. The Morgan fingerprint density at radius 1 is 1.03 bits per heavy atom. The molecular weight excluding hydrogens is 892 g/mol. The minimum absolute atomic E-state index is 0.0254. The Balaban J connectivity index is 1.25. The average Bonchev–Trinajstić information content (AvgIpc) is 4.07. The van der Waals surface area contributed by atoms with Gasteiger partial charge < -0.3 is 39.2 Å². The summed E-state index contributed by atoms with van der Waals surface area (Å²) in [5, 5.41) is 6.81. The summed E-state index contributed by atoms with van der Waals surface area (Å²) in [5.74, 6) is -2.37. The fourth-order valence-corrected chi connectivity index (χ4v) is 9.56. The number of halogens is 1. The number of nitrogens with one attached hydrogen (secondary N) is 2. The Morgan fingerprint density at radius 2 is 1.75 bits per heavy atom. The Kier molecular flexibility index (Phi) is 18.2. The van der Waals surface area contributed by atoms with E-state index in [1.807, 2.05) is 63.2 Å². The quantitative estimate of drug-likeness (QED) is 0.0645. The van der Waals surface area contributed by atoms with Crippen molar-refractivity contribution in [1.29, 1.82) is 0 Å². The molecular formula is C48H61ClN4O10S2. The van der Waals surface area contributed by atoms with Crippen molar-refractivity contribution in [3.8, 4) is 5.75 Å². The highest BCUT2D eigenvalue weighted by atomic mass is 35.5. The zero-order chi connectivity index (χ0) is 47.5. The molecule has 6 atom stereocenters. The van der Waals surface area contributed by atoms with Crippen LogP contribution in [-0.4, -0.2) is 96.1 Å². The third-order valence-corrected chi connectivity index (χ3v) is 14.4. The van der Waals surface area contributed by atoms with Gasteiger partial charge in [0.2, 0.25) is 11.8 Å². The third-order valence-electron chi connectivity index (χ3n) is 10.9. The minimum atomic E-state index is -1.24. The van der Waals surface area contributed by atoms with Gasteiger partial charge in [0.15, 0.2) is 6.10 Å². The number of carbonyl (C=O) groups excluding carboxylic acids is 5. The fraction of sp³-hybridized carbons (Fsp3) is 0.500. The van der Waals surface area contributed by atoms with Crippen molar-refractivity contribution in [2.24, 2.45) is 17.3 Å². The molecule has 352 valence electrons. The zero-order valence-electron chi connectivity index (χ0n) is 38.5. The number of epoxide rings is 1. The molecule has 0 radical (unpaired) electrons. The molecule has 2 N–H and O–H groups in total. The van der Waals surface area contributed by atoms with Crippen molar-refractivity contribution in [2.75, 3.05) is 27.2 Å².